The van der Waals surface area contributed by atoms with Crippen molar-refractivity contribution in [2.24, 2.45) is 9.98 Å². The molecule has 6 heteroatoms. The number of aromatic nitrogens is 4. The molecule has 26 heavy (non-hydrogen) atoms. The SMILES string of the molecule is C1=CC=C2N=C(CCc3nc4ccc5ncccc5n4n3)C=NC2C=C1. The number of hydrogen-bond acceptors (Lipinski definition) is 5. The minimum atomic E-state index is 0.0286. The molecule has 3 aromatic rings. The first-order valence-corrected chi connectivity index (χ1v) is 8.62. The van der Waals surface area contributed by atoms with Crippen LogP contribution in [0.25, 0.3) is 16.7 Å². The lowest BCUT2D eigenvalue weighted by Crippen LogP contribution is -2.15. The molecule has 0 fully saturated rings. The Hall–Kier alpha value is -3.41. The Labute approximate surface area is 150 Å². The van der Waals surface area contributed by atoms with Gasteiger partial charge in [0.1, 0.15) is 6.04 Å². The van der Waals surface area contributed by atoms with Crippen molar-refractivity contribution >= 4 is 28.6 Å². The van der Waals surface area contributed by atoms with E-state index in [-0.39, 0.29) is 6.04 Å². The highest BCUT2D eigenvalue weighted by Crippen LogP contribution is 2.18. The summed E-state index contributed by atoms with van der Waals surface area (Å²) >= 11 is 0. The zero-order chi connectivity index (χ0) is 17.3. The molecule has 5 rings (SSSR count). The standard InChI is InChI=1S/C20H16N6/c1-2-5-15-16(6-3-1)23-14(13-22-15)8-10-19-24-20-11-9-17-18(26(20)25-19)7-4-12-21-17/h1-7,9,11-13,15H,8,10H2. The van der Waals surface area contributed by atoms with Gasteiger partial charge in [-0.05, 0) is 36.8 Å². The quantitative estimate of drug-likeness (QED) is 0.736. The van der Waals surface area contributed by atoms with Crippen LogP contribution in [0.2, 0.25) is 0 Å². The predicted molar refractivity (Wildman–Crippen MR) is 103 cm³/mol. The summed E-state index contributed by atoms with van der Waals surface area (Å²) in [5, 5.41) is 4.65. The van der Waals surface area contributed by atoms with Gasteiger partial charge in [-0.3, -0.25) is 15.0 Å². The van der Waals surface area contributed by atoms with Crippen LogP contribution in [0.1, 0.15) is 12.2 Å². The molecule has 1 atom stereocenters. The van der Waals surface area contributed by atoms with Crippen molar-refractivity contribution < 1.29 is 0 Å². The van der Waals surface area contributed by atoms with E-state index in [9.17, 15) is 0 Å². The predicted octanol–water partition coefficient (Wildman–Crippen LogP) is 3.11. The Bertz CT molecular complexity index is 1150. The first kappa shape index (κ1) is 14.9. The number of aryl methyl sites for hydroxylation is 1. The normalized spacial score (nSPS) is 18.7. The summed E-state index contributed by atoms with van der Waals surface area (Å²) in [6, 6.07) is 7.87. The number of fused-ring (bicyclic) bond motifs is 4. The average molecular weight is 340 g/mol. The fraction of sp³-hybridized carbons (Fsp3) is 0.150. The summed E-state index contributed by atoms with van der Waals surface area (Å²) in [4.78, 5) is 18.3. The highest BCUT2D eigenvalue weighted by molar-refractivity contribution is 6.31. The largest absolute Gasteiger partial charge is 0.277 e. The third kappa shape index (κ3) is 2.65. The molecule has 6 nitrogen and oxygen atoms in total. The van der Waals surface area contributed by atoms with Gasteiger partial charge in [0.25, 0.3) is 0 Å². The van der Waals surface area contributed by atoms with E-state index in [1.54, 1.807) is 6.20 Å². The van der Waals surface area contributed by atoms with Crippen LogP contribution >= 0.6 is 0 Å². The van der Waals surface area contributed by atoms with Gasteiger partial charge < -0.3 is 0 Å². The van der Waals surface area contributed by atoms with E-state index < -0.39 is 0 Å². The zero-order valence-electron chi connectivity index (χ0n) is 14.0. The second-order valence-electron chi connectivity index (χ2n) is 6.23. The summed E-state index contributed by atoms with van der Waals surface area (Å²) in [6.45, 7) is 0. The highest BCUT2D eigenvalue weighted by Gasteiger charge is 2.15. The molecule has 0 N–H and O–H groups in total. The molecule has 0 aromatic carbocycles. The van der Waals surface area contributed by atoms with Crippen LogP contribution in [0.15, 0.2) is 76.5 Å². The molecule has 1 aliphatic carbocycles. The molecule has 0 amide bonds. The molecule has 0 bridgehead atoms. The van der Waals surface area contributed by atoms with Gasteiger partial charge in [0.2, 0.25) is 0 Å². The molecular formula is C20H16N6. The third-order valence-corrected chi connectivity index (χ3v) is 4.46. The molecular weight excluding hydrogens is 324 g/mol. The monoisotopic (exact) mass is 340 g/mol. The second-order valence-corrected chi connectivity index (χ2v) is 6.23. The van der Waals surface area contributed by atoms with Crippen molar-refractivity contribution in [1.82, 2.24) is 19.6 Å². The van der Waals surface area contributed by atoms with Crippen molar-refractivity contribution in [3.05, 3.63) is 72.4 Å². The number of rotatable bonds is 3. The van der Waals surface area contributed by atoms with Crippen molar-refractivity contribution in [2.45, 2.75) is 18.9 Å². The number of nitrogens with zero attached hydrogens (tertiary/aromatic N) is 6. The summed E-state index contributed by atoms with van der Waals surface area (Å²) in [7, 11) is 0. The maximum absolute atomic E-state index is 4.74. The Morgan fingerprint density at radius 1 is 1.04 bits per heavy atom. The van der Waals surface area contributed by atoms with E-state index in [0.29, 0.717) is 0 Å². The van der Waals surface area contributed by atoms with E-state index in [0.717, 1.165) is 46.8 Å². The van der Waals surface area contributed by atoms with E-state index in [2.05, 4.69) is 26.1 Å². The van der Waals surface area contributed by atoms with E-state index in [1.807, 2.05) is 59.3 Å². The molecule has 0 radical (unpaired) electrons. The minimum absolute atomic E-state index is 0.0286. The minimum Gasteiger partial charge on any atom is -0.277 e. The molecule has 0 saturated carbocycles. The van der Waals surface area contributed by atoms with E-state index in [4.69, 9.17) is 4.99 Å². The lowest BCUT2D eigenvalue weighted by Gasteiger charge is -2.14. The van der Waals surface area contributed by atoms with Crippen LogP contribution in [-0.4, -0.2) is 37.6 Å². The van der Waals surface area contributed by atoms with Gasteiger partial charge >= 0.3 is 0 Å². The first-order chi connectivity index (χ1) is 12.9. The van der Waals surface area contributed by atoms with Crippen LogP contribution in [-0.2, 0) is 6.42 Å². The smallest absolute Gasteiger partial charge is 0.156 e. The molecule has 2 aliphatic rings. The highest BCUT2D eigenvalue weighted by atomic mass is 15.3. The van der Waals surface area contributed by atoms with Crippen molar-refractivity contribution in [3.8, 4) is 0 Å². The second kappa shape index (κ2) is 6.15. The van der Waals surface area contributed by atoms with Gasteiger partial charge in [-0.15, -0.1) is 0 Å². The molecule has 3 aromatic heterocycles. The van der Waals surface area contributed by atoms with Gasteiger partial charge in [0, 0.05) is 18.8 Å². The van der Waals surface area contributed by atoms with Crippen LogP contribution in [0.3, 0.4) is 0 Å². The van der Waals surface area contributed by atoms with E-state index in [1.165, 1.54) is 0 Å². The van der Waals surface area contributed by atoms with Crippen molar-refractivity contribution in [3.63, 3.8) is 0 Å². The van der Waals surface area contributed by atoms with Gasteiger partial charge in [-0.1, -0.05) is 24.3 Å². The van der Waals surface area contributed by atoms with Crippen LogP contribution in [0, 0.1) is 0 Å². The summed E-state index contributed by atoms with van der Waals surface area (Å²) in [5.74, 6) is 0.800. The summed E-state index contributed by atoms with van der Waals surface area (Å²) in [6.07, 6.45) is 15.2. The third-order valence-electron chi connectivity index (χ3n) is 4.46. The van der Waals surface area contributed by atoms with Crippen molar-refractivity contribution in [1.29, 1.82) is 0 Å². The van der Waals surface area contributed by atoms with Crippen LogP contribution in [0.5, 0.6) is 0 Å². The zero-order valence-corrected chi connectivity index (χ0v) is 14.0. The molecule has 1 aliphatic heterocycles. The number of aliphatic imine (C=N–C) groups is 2. The lowest BCUT2D eigenvalue weighted by atomic mass is 10.1. The van der Waals surface area contributed by atoms with Crippen LogP contribution < -0.4 is 0 Å². The van der Waals surface area contributed by atoms with Gasteiger partial charge in [-0.2, -0.15) is 5.10 Å². The van der Waals surface area contributed by atoms with Gasteiger partial charge in [0.15, 0.2) is 11.5 Å². The van der Waals surface area contributed by atoms with Crippen LogP contribution in [0.4, 0.5) is 0 Å². The number of allylic oxidation sites excluding steroid dienone is 4. The maximum atomic E-state index is 4.74. The van der Waals surface area contributed by atoms with E-state index >= 15 is 0 Å². The first-order valence-electron chi connectivity index (χ1n) is 8.62. The number of hydrogen-bond donors (Lipinski definition) is 0. The average Bonchev–Trinajstić information content (AvgIpc) is 2.97. The molecule has 126 valence electrons. The Morgan fingerprint density at radius 3 is 3.04 bits per heavy atom. The van der Waals surface area contributed by atoms with Crippen molar-refractivity contribution in [2.75, 3.05) is 0 Å². The van der Waals surface area contributed by atoms with Gasteiger partial charge in [0.05, 0.1) is 22.4 Å². The summed E-state index contributed by atoms with van der Waals surface area (Å²) in [5.41, 5.74) is 4.65. The topological polar surface area (TPSA) is 67.8 Å². The Balaban J connectivity index is 1.40. The summed E-state index contributed by atoms with van der Waals surface area (Å²) < 4.78 is 1.86. The number of pyridine rings is 2. The van der Waals surface area contributed by atoms with Gasteiger partial charge in [-0.25, -0.2) is 9.50 Å². The molecule has 0 saturated heterocycles. The Kier molecular flexibility index (Phi) is 3.52. The lowest BCUT2D eigenvalue weighted by molar-refractivity contribution is 0.870. The Morgan fingerprint density at radius 2 is 2.04 bits per heavy atom. The molecule has 1 unspecified atom stereocenters. The maximum Gasteiger partial charge on any atom is 0.156 e. The molecule has 4 heterocycles. The molecule has 0 spiro atoms. The fourth-order valence-electron chi connectivity index (χ4n) is 3.17. The fourth-order valence-corrected chi connectivity index (χ4v) is 3.17.